The number of likely N-dealkylation sites (N-methyl/N-ethyl adjacent to an activating group) is 1. The zero-order valence-electron chi connectivity index (χ0n) is 47.9. The molecule has 0 aromatic rings. The van der Waals surface area contributed by atoms with E-state index in [-0.39, 0.29) is 62.8 Å². The molecule has 0 saturated heterocycles. The van der Waals surface area contributed by atoms with Crippen molar-refractivity contribution in [3.8, 4) is 0 Å². The van der Waals surface area contributed by atoms with Gasteiger partial charge in [0.15, 0.2) is 0 Å². The Hall–Kier alpha value is -3.66. The summed E-state index contributed by atoms with van der Waals surface area (Å²) in [6, 6.07) is 0. The number of hydrogen-bond acceptors (Lipinski definition) is 16. The molecule has 0 unspecified atom stereocenters. The van der Waals surface area contributed by atoms with Gasteiger partial charge in [-0.2, -0.15) is 0 Å². The van der Waals surface area contributed by atoms with Crippen molar-refractivity contribution in [2.24, 2.45) is 0 Å². The van der Waals surface area contributed by atoms with E-state index in [1.807, 2.05) is 4.90 Å². The van der Waals surface area contributed by atoms with E-state index >= 15 is 0 Å². The zero-order chi connectivity index (χ0) is 54.5. The minimum atomic E-state index is -0.833. The van der Waals surface area contributed by atoms with Crippen LogP contribution in [0.3, 0.4) is 0 Å². The lowest BCUT2D eigenvalue weighted by atomic mass is 10.1. The van der Waals surface area contributed by atoms with Crippen molar-refractivity contribution >= 4 is 36.2 Å². The first-order chi connectivity index (χ1) is 36.0. The topological polar surface area (TPSA) is 183 Å². The van der Waals surface area contributed by atoms with Gasteiger partial charge >= 0.3 is 36.2 Å². The highest BCUT2D eigenvalue weighted by atomic mass is 16.7. The average Bonchev–Trinajstić information content (AvgIpc) is 3.38. The van der Waals surface area contributed by atoms with Crippen LogP contribution in [0.2, 0.25) is 0 Å². The summed E-state index contributed by atoms with van der Waals surface area (Å²) in [6.45, 7) is 18.3. The Morgan fingerprint density at radius 1 is 0.297 bits per heavy atom. The van der Waals surface area contributed by atoms with Crippen molar-refractivity contribution in [1.29, 1.82) is 0 Å². The van der Waals surface area contributed by atoms with Gasteiger partial charge in [0.25, 0.3) is 0 Å². The Morgan fingerprint density at radius 2 is 0.568 bits per heavy atom. The molecule has 0 aliphatic heterocycles. The van der Waals surface area contributed by atoms with E-state index in [0.717, 1.165) is 122 Å². The summed E-state index contributed by atoms with van der Waals surface area (Å²) in [4.78, 5) is 80.4. The number of carbonyl (C=O) groups is 6. The molecule has 0 aliphatic carbocycles. The van der Waals surface area contributed by atoms with Gasteiger partial charge in [-0.05, 0) is 90.1 Å². The SMILES string of the molecule is CCCCCCCOC(=O)CCCC(CCCC(=O)OCCCCCCC)OC(=O)OCCN(CCOC(=O)OC(CCCC(=O)OCCCCCCC)CCCC(=O)OCCCCCCC)CCN(CC)CC. The summed E-state index contributed by atoms with van der Waals surface area (Å²) in [5, 5.41) is 0. The fourth-order valence-corrected chi connectivity index (χ4v) is 8.29. The van der Waals surface area contributed by atoms with Crippen LogP contribution in [0.25, 0.3) is 0 Å². The molecule has 0 saturated carbocycles. The Morgan fingerprint density at radius 3 is 0.838 bits per heavy atom. The predicted molar refractivity (Wildman–Crippen MR) is 291 cm³/mol. The van der Waals surface area contributed by atoms with Gasteiger partial charge in [-0.25, -0.2) is 9.59 Å². The third-order valence-electron chi connectivity index (χ3n) is 13.1. The van der Waals surface area contributed by atoms with E-state index in [9.17, 15) is 28.8 Å². The van der Waals surface area contributed by atoms with Crippen molar-refractivity contribution in [2.45, 2.75) is 259 Å². The normalized spacial score (nSPS) is 11.3. The molecule has 0 bridgehead atoms. The standard InChI is InChI=1S/C58H108N2O14/c1-7-13-17-21-25-45-67-53(61)37-29-33-51(34-30-38-54(62)68-46-26-22-18-14-8-2)73-57(65)71-49-43-60(42-41-59(11-5)12-6)44-50-72-58(66)74-52(35-31-39-55(63)69-47-27-23-19-15-9-3)36-32-40-56(64)70-48-28-24-20-16-10-4/h51-52H,7-50H2,1-6H3. The van der Waals surface area contributed by atoms with Crippen molar-refractivity contribution in [1.82, 2.24) is 9.80 Å². The van der Waals surface area contributed by atoms with Crippen LogP contribution in [-0.4, -0.2) is 137 Å². The third kappa shape index (κ3) is 46.8. The Bertz CT molecular complexity index is 1210. The van der Waals surface area contributed by atoms with Crippen molar-refractivity contribution < 1.29 is 66.7 Å². The molecule has 0 N–H and O–H groups in total. The van der Waals surface area contributed by atoms with Gasteiger partial charge < -0.3 is 42.8 Å². The maximum absolute atomic E-state index is 13.1. The van der Waals surface area contributed by atoms with Crippen molar-refractivity contribution in [2.75, 3.05) is 78.9 Å². The van der Waals surface area contributed by atoms with E-state index in [2.05, 4.69) is 46.4 Å². The molecule has 0 aromatic carbocycles. The molecule has 16 heteroatoms. The first kappa shape index (κ1) is 70.3. The third-order valence-corrected chi connectivity index (χ3v) is 13.1. The fourth-order valence-electron chi connectivity index (χ4n) is 8.29. The molecule has 16 nitrogen and oxygen atoms in total. The highest BCUT2D eigenvalue weighted by Crippen LogP contribution is 2.18. The van der Waals surface area contributed by atoms with Crippen molar-refractivity contribution in [3.05, 3.63) is 0 Å². The number of hydrogen-bond donors (Lipinski definition) is 0. The van der Waals surface area contributed by atoms with Crippen LogP contribution >= 0.6 is 0 Å². The molecule has 0 spiro atoms. The van der Waals surface area contributed by atoms with Crippen LogP contribution in [0.15, 0.2) is 0 Å². The molecule has 0 atom stereocenters. The first-order valence-corrected chi connectivity index (χ1v) is 29.7. The molecule has 0 heterocycles. The lowest BCUT2D eigenvalue weighted by Gasteiger charge is -2.26. The minimum Gasteiger partial charge on any atom is -0.466 e. The maximum Gasteiger partial charge on any atom is 0.508 e. The van der Waals surface area contributed by atoms with E-state index in [0.29, 0.717) is 97.4 Å². The maximum atomic E-state index is 13.1. The predicted octanol–water partition coefficient (Wildman–Crippen LogP) is 13.4. The van der Waals surface area contributed by atoms with E-state index < -0.39 is 24.5 Å². The van der Waals surface area contributed by atoms with Gasteiger partial charge in [-0.15, -0.1) is 0 Å². The van der Waals surface area contributed by atoms with Gasteiger partial charge in [0.1, 0.15) is 25.4 Å². The van der Waals surface area contributed by atoms with E-state index in [1.54, 1.807) is 0 Å². The zero-order valence-corrected chi connectivity index (χ0v) is 47.9. The number of unbranched alkanes of at least 4 members (excludes halogenated alkanes) is 16. The van der Waals surface area contributed by atoms with Gasteiger partial charge in [0.2, 0.25) is 0 Å². The average molecular weight is 1060 g/mol. The van der Waals surface area contributed by atoms with E-state index in [4.69, 9.17) is 37.9 Å². The van der Waals surface area contributed by atoms with Gasteiger partial charge in [-0.1, -0.05) is 144 Å². The Labute approximate surface area is 449 Å². The molecule has 74 heavy (non-hydrogen) atoms. The first-order valence-electron chi connectivity index (χ1n) is 29.7. The lowest BCUT2D eigenvalue weighted by Crippen LogP contribution is -2.39. The summed E-state index contributed by atoms with van der Waals surface area (Å²) in [5.41, 5.74) is 0. The quantitative estimate of drug-likeness (QED) is 0.0318. The smallest absolute Gasteiger partial charge is 0.466 e. The lowest BCUT2D eigenvalue weighted by molar-refractivity contribution is -0.145. The van der Waals surface area contributed by atoms with Crippen LogP contribution in [0, 0.1) is 0 Å². The monoisotopic (exact) mass is 1060 g/mol. The molecule has 0 rings (SSSR count). The van der Waals surface area contributed by atoms with Crippen LogP contribution in [-0.2, 0) is 57.1 Å². The minimum absolute atomic E-state index is 0.0219. The second-order valence-corrected chi connectivity index (χ2v) is 19.7. The molecule has 0 aliphatic rings. The van der Waals surface area contributed by atoms with Gasteiger partial charge in [0.05, 0.1) is 26.4 Å². The molecule has 0 radical (unpaired) electrons. The van der Waals surface area contributed by atoms with Gasteiger partial charge in [0, 0.05) is 51.9 Å². The molecule has 0 aromatic heterocycles. The molecular weight excluding hydrogens is 949 g/mol. The Balaban J connectivity index is 5.41. The second-order valence-electron chi connectivity index (χ2n) is 19.7. The molecule has 434 valence electrons. The van der Waals surface area contributed by atoms with Crippen LogP contribution < -0.4 is 0 Å². The van der Waals surface area contributed by atoms with Gasteiger partial charge in [-0.3, -0.25) is 24.1 Å². The highest BCUT2D eigenvalue weighted by molar-refractivity contribution is 5.70. The summed E-state index contributed by atoms with van der Waals surface area (Å²) >= 11 is 0. The van der Waals surface area contributed by atoms with Crippen LogP contribution in [0.4, 0.5) is 9.59 Å². The summed E-state index contributed by atoms with van der Waals surface area (Å²) in [5.74, 6) is -1.11. The fraction of sp³-hybridized carbons (Fsp3) is 0.897. The highest BCUT2D eigenvalue weighted by Gasteiger charge is 2.21. The summed E-state index contributed by atoms with van der Waals surface area (Å²) in [7, 11) is 0. The molecular formula is C58H108N2O14. The summed E-state index contributed by atoms with van der Waals surface area (Å²) in [6.07, 6.45) is 22.8. The number of nitrogens with zero attached hydrogens (tertiary/aromatic N) is 2. The van der Waals surface area contributed by atoms with E-state index in [1.165, 1.54) is 25.7 Å². The number of esters is 4. The number of ether oxygens (including phenoxy) is 8. The number of carbonyl (C=O) groups excluding carboxylic acids is 6. The summed E-state index contributed by atoms with van der Waals surface area (Å²) < 4.78 is 44.4. The largest absolute Gasteiger partial charge is 0.508 e. The second kappa shape index (κ2) is 52.8. The van der Waals surface area contributed by atoms with Crippen LogP contribution in [0.5, 0.6) is 0 Å². The van der Waals surface area contributed by atoms with Crippen LogP contribution in [0.1, 0.15) is 247 Å². The molecule has 0 amide bonds. The number of rotatable bonds is 53. The van der Waals surface area contributed by atoms with Crippen molar-refractivity contribution in [3.63, 3.8) is 0 Å². The molecule has 0 fully saturated rings. The Kier molecular flexibility index (Phi) is 50.2.